The number of imidazole rings is 1. The summed E-state index contributed by atoms with van der Waals surface area (Å²) in [6.45, 7) is 0. The quantitative estimate of drug-likeness (QED) is 0.172. The van der Waals surface area contributed by atoms with Crippen molar-refractivity contribution in [2.45, 2.75) is 0 Å². The van der Waals surface area contributed by atoms with Gasteiger partial charge >= 0.3 is 21.1 Å². The first-order chi connectivity index (χ1) is 19.7. The molecule has 4 heterocycles. The molecule has 0 amide bonds. The first-order valence-electron chi connectivity index (χ1n) is 13.0. The fourth-order valence-corrected chi connectivity index (χ4v) is 6.35. The maximum Gasteiger partial charge on any atom is 2.00 e. The van der Waals surface area contributed by atoms with Gasteiger partial charge < -0.3 is 14.1 Å². The van der Waals surface area contributed by atoms with Crippen molar-refractivity contribution in [3.05, 3.63) is 122 Å². The van der Waals surface area contributed by atoms with Crippen molar-refractivity contribution >= 4 is 43.4 Å². The molecular weight excluding hydrogens is 706 g/mol. The van der Waals surface area contributed by atoms with Gasteiger partial charge in [-0.25, -0.2) is 4.98 Å². The van der Waals surface area contributed by atoms with Crippen LogP contribution in [0, 0.1) is 12.1 Å². The zero-order valence-corrected chi connectivity index (χ0v) is 24.9. The predicted octanol–water partition coefficient (Wildman–Crippen LogP) is 8.12. The molecule has 0 atom stereocenters. The number of pyridine rings is 1. The Bertz CT molecular complexity index is 2170. The number of thiazole rings is 1. The van der Waals surface area contributed by atoms with Crippen molar-refractivity contribution in [2.75, 3.05) is 0 Å². The molecule has 0 fully saturated rings. The topological polar surface area (TPSA) is 48.5 Å². The molecule has 4 aromatic carbocycles. The molecule has 4 aromatic heterocycles. The summed E-state index contributed by atoms with van der Waals surface area (Å²) >= 11 is 1.69. The number of aryl methyl sites for hydroxylation is 1. The van der Waals surface area contributed by atoms with Crippen LogP contribution in [0.2, 0.25) is 0 Å². The summed E-state index contributed by atoms with van der Waals surface area (Å²) in [5.74, 6) is 0.868. The molecule has 8 rings (SSSR count). The molecule has 198 valence electrons. The molecule has 0 radical (unpaired) electrons. The molecular formula is C34H21N5PtS. The summed E-state index contributed by atoms with van der Waals surface area (Å²) in [4.78, 5) is 14.2. The Labute approximate surface area is 255 Å². The van der Waals surface area contributed by atoms with Gasteiger partial charge in [0.1, 0.15) is 5.82 Å². The van der Waals surface area contributed by atoms with E-state index in [9.17, 15) is 0 Å². The second-order valence-electron chi connectivity index (χ2n) is 9.68. The van der Waals surface area contributed by atoms with Crippen LogP contribution in [0.15, 0.2) is 110 Å². The van der Waals surface area contributed by atoms with Crippen LogP contribution < -0.4 is 0 Å². The number of hydrogen-bond donors (Lipinski definition) is 0. The minimum atomic E-state index is 0. The van der Waals surface area contributed by atoms with Gasteiger partial charge in [-0.1, -0.05) is 41.8 Å². The van der Waals surface area contributed by atoms with Gasteiger partial charge in [0, 0.05) is 46.4 Å². The second-order valence-corrected chi connectivity index (χ2v) is 10.7. The van der Waals surface area contributed by atoms with Crippen LogP contribution in [-0.2, 0) is 28.1 Å². The summed E-state index contributed by atoms with van der Waals surface area (Å²) in [6.07, 6.45) is 5.58. The van der Waals surface area contributed by atoms with Gasteiger partial charge in [0.25, 0.3) is 0 Å². The number of fused-ring (bicyclic) bond motifs is 4. The van der Waals surface area contributed by atoms with Crippen LogP contribution in [0.4, 0.5) is 0 Å². The van der Waals surface area contributed by atoms with Crippen LogP contribution in [0.1, 0.15) is 0 Å². The van der Waals surface area contributed by atoms with E-state index in [2.05, 4.69) is 101 Å². The van der Waals surface area contributed by atoms with Crippen LogP contribution in [0.25, 0.3) is 70.9 Å². The Hall–Kier alpha value is -4.38. The van der Waals surface area contributed by atoms with E-state index in [1.165, 1.54) is 10.1 Å². The van der Waals surface area contributed by atoms with E-state index in [0.29, 0.717) is 0 Å². The third-order valence-electron chi connectivity index (χ3n) is 7.25. The third kappa shape index (κ3) is 4.22. The van der Waals surface area contributed by atoms with E-state index in [1.54, 1.807) is 11.3 Å². The summed E-state index contributed by atoms with van der Waals surface area (Å²) in [7, 11) is 2.00. The van der Waals surface area contributed by atoms with Gasteiger partial charge in [0.2, 0.25) is 0 Å². The Morgan fingerprint density at radius 3 is 2.49 bits per heavy atom. The van der Waals surface area contributed by atoms with E-state index in [-0.39, 0.29) is 21.1 Å². The molecule has 7 heteroatoms. The summed E-state index contributed by atoms with van der Waals surface area (Å²) in [5, 5.41) is 3.28. The molecule has 0 unspecified atom stereocenters. The monoisotopic (exact) mass is 726 g/mol. The minimum Gasteiger partial charge on any atom is -0.346 e. The first kappa shape index (κ1) is 25.6. The van der Waals surface area contributed by atoms with Crippen molar-refractivity contribution in [3.8, 4) is 38.9 Å². The van der Waals surface area contributed by atoms with Crippen molar-refractivity contribution in [2.24, 2.45) is 7.05 Å². The summed E-state index contributed by atoms with van der Waals surface area (Å²) in [5.41, 5.74) is 7.74. The van der Waals surface area contributed by atoms with E-state index in [4.69, 9.17) is 9.97 Å². The number of benzene rings is 4. The molecule has 0 spiro atoms. The molecule has 5 nitrogen and oxygen atoms in total. The Balaban J connectivity index is 0.00000276. The number of para-hydroxylation sites is 2. The van der Waals surface area contributed by atoms with E-state index in [0.717, 1.165) is 60.8 Å². The van der Waals surface area contributed by atoms with Crippen LogP contribution in [0.5, 0.6) is 0 Å². The zero-order chi connectivity index (χ0) is 26.6. The van der Waals surface area contributed by atoms with Gasteiger partial charge in [0.15, 0.2) is 0 Å². The smallest absolute Gasteiger partial charge is 0.346 e. The second kappa shape index (κ2) is 10.2. The fraction of sp³-hybridized carbons (Fsp3) is 0.0294. The van der Waals surface area contributed by atoms with Crippen molar-refractivity contribution in [1.82, 2.24) is 24.1 Å². The molecule has 0 saturated carbocycles. The number of nitrogens with zero attached hydrogens (tertiary/aromatic N) is 5. The maximum absolute atomic E-state index is 4.90. The molecule has 0 aliphatic rings. The SMILES string of the molecule is Cn1ccnc1-c1cccnc1-c1[c-]c(-n2c3[c-]c(-c4nc5ccccc5s4)ccc3c3ccccc32)ccc1.[Pt+2]. The van der Waals surface area contributed by atoms with E-state index in [1.807, 2.05) is 42.3 Å². The first-order valence-corrected chi connectivity index (χ1v) is 13.8. The molecule has 8 aromatic rings. The molecule has 0 bridgehead atoms. The van der Waals surface area contributed by atoms with Crippen molar-refractivity contribution < 1.29 is 21.1 Å². The normalized spacial score (nSPS) is 11.3. The number of aromatic nitrogens is 5. The number of hydrogen-bond acceptors (Lipinski definition) is 4. The Morgan fingerprint density at radius 1 is 0.732 bits per heavy atom. The maximum atomic E-state index is 4.90. The summed E-state index contributed by atoms with van der Waals surface area (Å²) < 4.78 is 5.43. The Kier molecular flexibility index (Phi) is 6.38. The van der Waals surface area contributed by atoms with Gasteiger partial charge in [-0.05, 0) is 46.5 Å². The van der Waals surface area contributed by atoms with Crippen LogP contribution >= 0.6 is 11.3 Å². The van der Waals surface area contributed by atoms with E-state index < -0.39 is 0 Å². The van der Waals surface area contributed by atoms with Gasteiger partial charge in [-0.15, -0.1) is 53.6 Å². The van der Waals surface area contributed by atoms with Gasteiger partial charge in [-0.2, -0.15) is 11.3 Å². The molecule has 0 N–H and O–H groups in total. The number of rotatable bonds is 4. The standard InChI is InChI=1S/C34H21N5S.Pt/c1-38-19-18-36-33(38)27-11-7-17-35-32(27)22-8-6-9-24(20-22)39-29-13-4-2-10-25(29)26-16-15-23(21-30(26)39)34-37-28-12-3-5-14-31(28)40-34;/h2-19H,1H3;/q-2;+2. The zero-order valence-electron chi connectivity index (χ0n) is 21.9. The molecule has 41 heavy (non-hydrogen) atoms. The van der Waals surface area contributed by atoms with Gasteiger partial charge in [0.05, 0.1) is 5.52 Å². The summed E-state index contributed by atoms with van der Waals surface area (Å²) in [6, 6.07) is 38.7. The molecule has 0 aliphatic carbocycles. The van der Waals surface area contributed by atoms with Crippen LogP contribution in [0.3, 0.4) is 0 Å². The Morgan fingerprint density at radius 2 is 1.61 bits per heavy atom. The fourth-order valence-electron chi connectivity index (χ4n) is 5.41. The largest absolute Gasteiger partial charge is 2.00 e. The van der Waals surface area contributed by atoms with Crippen molar-refractivity contribution in [3.63, 3.8) is 0 Å². The molecule has 0 saturated heterocycles. The van der Waals surface area contributed by atoms with Crippen LogP contribution in [-0.4, -0.2) is 24.1 Å². The van der Waals surface area contributed by atoms with Crippen molar-refractivity contribution in [1.29, 1.82) is 0 Å². The molecule has 0 aliphatic heterocycles. The van der Waals surface area contributed by atoms with E-state index >= 15 is 0 Å². The van der Waals surface area contributed by atoms with Gasteiger partial charge in [-0.3, -0.25) is 4.98 Å². The minimum absolute atomic E-state index is 0. The predicted molar refractivity (Wildman–Crippen MR) is 162 cm³/mol. The average Bonchev–Trinajstić information content (AvgIpc) is 3.72. The third-order valence-corrected chi connectivity index (χ3v) is 8.32. The average molecular weight is 727 g/mol.